The Morgan fingerprint density at radius 1 is 1.41 bits per heavy atom. The second-order valence-corrected chi connectivity index (χ2v) is 3.43. The van der Waals surface area contributed by atoms with Gasteiger partial charge in [0.25, 0.3) is 5.56 Å². The smallest absolute Gasteiger partial charge is 0.266 e. The lowest BCUT2D eigenvalue weighted by atomic mass is 10.3. The third-order valence-electron chi connectivity index (χ3n) is 2.38. The monoisotopic (exact) mass is 226 g/mol. The molecule has 2 rings (SSSR count). The fourth-order valence-electron chi connectivity index (χ4n) is 1.43. The molecular formula is C12H10N4O. The van der Waals surface area contributed by atoms with Crippen LogP contribution in [0.25, 0.3) is 5.69 Å². The lowest BCUT2D eigenvalue weighted by molar-refractivity contribution is 0.795. The summed E-state index contributed by atoms with van der Waals surface area (Å²) < 4.78 is 1.17. The Morgan fingerprint density at radius 2 is 2.24 bits per heavy atom. The number of pyridine rings is 1. The predicted molar refractivity (Wildman–Crippen MR) is 61.7 cm³/mol. The zero-order chi connectivity index (χ0) is 12.3. The average molecular weight is 226 g/mol. The topological polar surface area (TPSA) is 71.6 Å². The quantitative estimate of drug-likeness (QED) is 0.767. The summed E-state index contributed by atoms with van der Waals surface area (Å²) in [4.78, 5) is 16.0. The van der Waals surface area contributed by atoms with Gasteiger partial charge in [-0.05, 0) is 24.6 Å². The van der Waals surface area contributed by atoms with Crippen LogP contribution in [0.3, 0.4) is 0 Å². The summed E-state index contributed by atoms with van der Waals surface area (Å²) in [7, 11) is 0. The van der Waals surface area contributed by atoms with Gasteiger partial charge < -0.3 is 0 Å². The van der Waals surface area contributed by atoms with Crippen molar-refractivity contribution < 1.29 is 0 Å². The van der Waals surface area contributed by atoms with E-state index in [1.165, 1.54) is 16.9 Å². The fraction of sp³-hybridized carbons (Fsp3) is 0.167. The number of nitrogens with zero attached hydrogens (tertiary/aromatic N) is 4. The minimum absolute atomic E-state index is 0.0690. The molecule has 0 bridgehead atoms. The molecule has 0 fully saturated rings. The molecular weight excluding hydrogens is 216 g/mol. The summed E-state index contributed by atoms with van der Waals surface area (Å²) >= 11 is 0. The van der Waals surface area contributed by atoms with Gasteiger partial charge in [-0.2, -0.15) is 15.0 Å². The Labute approximate surface area is 98.0 Å². The molecule has 84 valence electrons. The highest BCUT2D eigenvalue weighted by molar-refractivity contribution is 5.32. The fourth-order valence-corrected chi connectivity index (χ4v) is 1.43. The van der Waals surface area contributed by atoms with E-state index < -0.39 is 5.56 Å². The highest BCUT2D eigenvalue weighted by Gasteiger charge is 2.05. The van der Waals surface area contributed by atoms with Crippen LogP contribution in [0.4, 0.5) is 0 Å². The van der Waals surface area contributed by atoms with Crippen LogP contribution < -0.4 is 5.56 Å². The van der Waals surface area contributed by atoms with Crippen LogP contribution in [0, 0.1) is 11.3 Å². The molecule has 0 atom stereocenters. The first-order chi connectivity index (χ1) is 8.26. The molecule has 0 aromatic carbocycles. The second kappa shape index (κ2) is 4.58. The Kier molecular flexibility index (Phi) is 2.97. The Bertz CT molecular complexity index is 622. The van der Waals surface area contributed by atoms with Gasteiger partial charge in [0.1, 0.15) is 11.6 Å². The highest BCUT2D eigenvalue weighted by Crippen LogP contribution is 2.03. The van der Waals surface area contributed by atoms with E-state index in [9.17, 15) is 4.79 Å². The van der Waals surface area contributed by atoms with Gasteiger partial charge in [-0.3, -0.25) is 9.78 Å². The standard InChI is InChI=1S/C12H10N4O/c1-2-10-3-4-11(8-14-10)16-12(17)9(7-13)5-6-15-16/h3-6,8H,2H2,1H3. The van der Waals surface area contributed by atoms with Crippen molar-refractivity contribution in [3.05, 3.63) is 52.2 Å². The molecule has 2 aromatic rings. The van der Waals surface area contributed by atoms with Gasteiger partial charge in [0, 0.05) is 11.9 Å². The molecule has 0 spiro atoms. The zero-order valence-corrected chi connectivity index (χ0v) is 9.29. The van der Waals surface area contributed by atoms with Crippen LogP contribution in [-0.2, 0) is 6.42 Å². The molecule has 0 aliphatic heterocycles. The maximum Gasteiger partial charge on any atom is 0.289 e. The van der Waals surface area contributed by atoms with E-state index in [-0.39, 0.29) is 5.56 Å². The van der Waals surface area contributed by atoms with Gasteiger partial charge >= 0.3 is 0 Å². The molecule has 0 saturated heterocycles. The van der Waals surface area contributed by atoms with E-state index >= 15 is 0 Å². The van der Waals surface area contributed by atoms with E-state index in [0.717, 1.165) is 12.1 Å². The lowest BCUT2D eigenvalue weighted by Gasteiger charge is -2.04. The number of hydrogen-bond donors (Lipinski definition) is 0. The second-order valence-electron chi connectivity index (χ2n) is 3.43. The van der Waals surface area contributed by atoms with Crippen molar-refractivity contribution in [1.82, 2.24) is 14.8 Å². The van der Waals surface area contributed by atoms with E-state index in [1.54, 1.807) is 12.3 Å². The molecule has 17 heavy (non-hydrogen) atoms. The minimum Gasteiger partial charge on any atom is -0.266 e. The van der Waals surface area contributed by atoms with Gasteiger partial charge in [-0.1, -0.05) is 6.92 Å². The van der Waals surface area contributed by atoms with Crippen LogP contribution in [0.1, 0.15) is 18.2 Å². The van der Waals surface area contributed by atoms with Crippen molar-refractivity contribution in [3.8, 4) is 11.8 Å². The number of rotatable bonds is 2. The molecule has 0 amide bonds. The first kappa shape index (κ1) is 11.0. The van der Waals surface area contributed by atoms with E-state index in [0.29, 0.717) is 5.69 Å². The lowest BCUT2D eigenvalue weighted by Crippen LogP contribution is -2.23. The molecule has 2 heterocycles. The summed E-state index contributed by atoms with van der Waals surface area (Å²) in [6.07, 6.45) is 3.84. The average Bonchev–Trinajstić information content (AvgIpc) is 2.39. The Hall–Kier alpha value is -2.48. The SMILES string of the molecule is CCc1ccc(-n2nccc(C#N)c2=O)cn1. The summed E-state index contributed by atoms with van der Waals surface area (Å²) in [6, 6.07) is 6.83. The minimum atomic E-state index is -0.430. The summed E-state index contributed by atoms with van der Waals surface area (Å²) in [5.41, 5.74) is 1.14. The van der Waals surface area contributed by atoms with Crippen molar-refractivity contribution in [1.29, 1.82) is 5.26 Å². The summed E-state index contributed by atoms with van der Waals surface area (Å²) in [6.45, 7) is 2.00. The van der Waals surface area contributed by atoms with Crippen LogP contribution >= 0.6 is 0 Å². The molecule has 0 aliphatic carbocycles. The molecule has 0 aliphatic rings. The zero-order valence-electron chi connectivity index (χ0n) is 9.29. The number of aryl methyl sites for hydroxylation is 1. The van der Waals surface area contributed by atoms with Gasteiger partial charge in [0.15, 0.2) is 0 Å². The number of hydrogen-bond acceptors (Lipinski definition) is 4. The van der Waals surface area contributed by atoms with Crippen LogP contribution in [0.5, 0.6) is 0 Å². The van der Waals surface area contributed by atoms with Gasteiger partial charge in [-0.25, -0.2) is 0 Å². The highest BCUT2D eigenvalue weighted by atomic mass is 16.1. The van der Waals surface area contributed by atoms with Crippen molar-refractivity contribution in [3.63, 3.8) is 0 Å². The molecule has 0 unspecified atom stereocenters. The van der Waals surface area contributed by atoms with Crippen molar-refractivity contribution >= 4 is 0 Å². The van der Waals surface area contributed by atoms with E-state index in [1.807, 2.05) is 19.1 Å². The first-order valence-corrected chi connectivity index (χ1v) is 5.20. The maximum atomic E-state index is 11.8. The molecule has 2 aromatic heterocycles. The molecule has 5 heteroatoms. The van der Waals surface area contributed by atoms with Gasteiger partial charge in [0.2, 0.25) is 0 Å². The normalized spacial score (nSPS) is 9.88. The van der Waals surface area contributed by atoms with E-state index in [2.05, 4.69) is 10.1 Å². The number of nitriles is 1. The third kappa shape index (κ3) is 2.06. The van der Waals surface area contributed by atoms with Crippen LogP contribution in [0.2, 0.25) is 0 Å². The number of aromatic nitrogens is 3. The molecule has 0 N–H and O–H groups in total. The summed E-state index contributed by atoms with van der Waals surface area (Å²) in [5.74, 6) is 0. The largest absolute Gasteiger partial charge is 0.289 e. The predicted octanol–water partition coefficient (Wildman–Crippen LogP) is 1.06. The maximum absolute atomic E-state index is 11.8. The molecule has 0 saturated carbocycles. The van der Waals surface area contributed by atoms with Crippen molar-refractivity contribution in [2.24, 2.45) is 0 Å². The first-order valence-electron chi connectivity index (χ1n) is 5.20. The van der Waals surface area contributed by atoms with Crippen LogP contribution in [0.15, 0.2) is 35.4 Å². The van der Waals surface area contributed by atoms with Gasteiger partial charge in [0.05, 0.1) is 11.9 Å². The molecule has 0 radical (unpaired) electrons. The Morgan fingerprint density at radius 3 is 2.82 bits per heavy atom. The third-order valence-corrected chi connectivity index (χ3v) is 2.38. The van der Waals surface area contributed by atoms with Crippen molar-refractivity contribution in [2.45, 2.75) is 13.3 Å². The van der Waals surface area contributed by atoms with Gasteiger partial charge in [-0.15, -0.1) is 0 Å². The summed E-state index contributed by atoms with van der Waals surface area (Å²) in [5, 5.41) is 12.7. The van der Waals surface area contributed by atoms with E-state index in [4.69, 9.17) is 5.26 Å². The van der Waals surface area contributed by atoms with Crippen LogP contribution in [-0.4, -0.2) is 14.8 Å². The Balaban J connectivity index is 2.54. The van der Waals surface area contributed by atoms with Crippen molar-refractivity contribution in [2.75, 3.05) is 0 Å². The molecule has 5 nitrogen and oxygen atoms in total.